The molecule has 2 saturated heterocycles. The second kappa shape index (κ2) is 5.99. The molecule has 5 heteroatoms. The highest BCUT2D eigenvalue weighted by Gasteiger charge is 2.34. The van der Waals surface area contributed by atoms with E-state index in [1.807, 2.05) is 18.7 Å². The highest BCUT2D eigenvalue weighted by atomic mass is 16.7. The molecule has 0 aromatic carbocycles. The number of likely N-dealkylation sites (tertiary alicyclic amines) is 1. The summed E-state index contributed by atoms with van der Waals surface area (Å²) < 4.78 is 11.1. The van der Waals surface area contributed by atoms with E-state index in [1.54, 1.807) is 0 Å². The summed E-state index contributed by atoms with van der Waals surface area (Å²) in [6, 6.07) is -0.394. The number of nitrogens with two attached hydrogens (primary N) is 1. The number of nitrogens with zero attached hydrogens (tertiary/aromatic N) is 1. The molecule has 2 heterocycles. The molecule has 1 unspecified atom stereocenters. The van der Waals surface area contributed by atoms with Crippen molar-refractivity contribution in [1.29, 1.82) is 0 Å². The van der Waals surface area contributed by atoms with Crippen LogP contribution in [0.25, 0.3) is 0 Å². The molecule has 18 heavy (non-hydrogen) atoms. The predicted octanol–water partition coefficient (Wildman–Crippen LogP) is 0.581. The summed E-state index contributed by atoms with van der Waals surface area (Å²) in [5.74, 6) is 0.536. The maximum atomic E-state index is 12.2. The largest absolute Gasteiger partial charge is 0.350 e. The summed E-state index contributed by atoms with van der Waals surface area (Å²) in [5.41, 5.74) is 5.94. The Morgan fingerprint density at radius 3 is 2.61 bits per heavy atom. The van der Waals surface area contributed by atoms with Crippen LogP contribution in [0.1, 0.15) is 26.7 Å². The maximum absolute atomic E-state index is 12.2. The molecule has 104 valence electrons. The minimum atomic E-state index is -0.394. The fourth-order valence-electron chi connectivity index (χ4n) is 2.58. The Balaban J connectivity index is 1.91. The normalized spacial score (nSPS) is 27.8. The zero-order valence-corrected chi connectivity index (χ0v) is 11.3. The highest BCUT2D eigenvalue weighted by Crippen LogP contribution is 2.25. The van der Waals surface area contributed by atoms with Crippen molar-refractivity contribution in [1.82, 2.24) is 4.90 Å². The molecule has 5 nitrogen and oxygen atoms in total. The molecule has 0 saturated carbocycles. The van der Waals surface area contributed by atoms with Gasteiger partial charge in [0.05, 0.1) is 19.3 Å². The van der Waals surface area contributed by atoms with Crippen LogP contribution in [0.3, 0.4) is 0 Å². The van der Waals surface area contributed by atoms with E-state index in [0.29, 0.717) is 25.7 Å². The molecule has 0 aromatic heterocycles. The molecule has 0 radical (unpaired) electrons. The van der Waals surface area contributed by atoms with Crippen LogP contribution in [0.2, 0.25) is 0 Å². The van der Waals surface area contributed by atoms with Gasteiger partial charge >= 0.3 is 0 Å². The Hall–Kier alpha value is -0.650. The minimum absolute atomic E-state index is 0.0627. The van der Waals surface area contributed by atoms with Gasteiger partial charge in [0.15, 0.2) is 6.29 Å². The first-order valence-corrected chi connectivity index (χ1v) is 6.87. The second-order valence-electron chi connectivity index (χ2n) is 5.57. The van der Waals surface area contributed by atoms with Crippen molar-refractivity contribution in [3.63, 3.8) is 0 Å². The number of carbonyl (C=O) groups is 1. The van der Waals surface area contributed by atoms with E-state index in [2.05, 4.69) is 0 Å². The summed E-state index contributed by atoms with van der Waals surface area (Å²) >= 11 is 0. The van der Waals surface area contributed by atoms with E-state index >= 15 is 0 Å². The van der Waals surface area contributed by atoms with Crippen LogP contribution in [-0.4, -0.2) is 49.4 Å². The third-order valence-corrected chi connectivity index (χ3v) is 3.81. The standard InChI is InChI=1S/C13H24N2O3/c1-9(2)11(14)12(16)15-5-3-4-10(8-15)13-17-6-7-18-13/h9-11,13H,3-8,14H2,1-2H3/t10?,11-/m0/s1. The van der Waals surface area contributed by atoms with Crippen molar-refractivity contribution >= 4 is 5.91 Å². The quantitative estimate of drug-likeness (QED) is 0.802. The van der Waals surface area contributed by atoms with Gasteiger partial charge in [0.25, 0.3) is 0 Å². The zero-order chi connectivity index (χ0) is 13.1. The summed E-state index contributed by atoms with van der Waals surface area (Å²) in [6.45, 7) is 6.81. The maximum Gasteiger partial charge on any atom is 0.239 e. The zero-order valence-electron chi connectivity index (χ0n) is 11.3. The van der Waals surface area contributed by atoms with Crippen LogP contribution in [0.15, 0.2) is 0 Å². The molecule has 0 spiro atoms. The number of rotatable bonds is 3. The van der Waals surface area contributed by atoms with Crippen LogP contribution in [0.4, 0.5) is 0 Å². The van der Waals surface area contributed by atoms with E-state index in [0.717, 1.165) is 19.4 Å². The second-order valence-corrected chi connectivity index (χ2v) is 5.57. The van der Waals surface area contributed by atoms with Gasteiger partial charge in [0.2, 0.25) is 5.91 Å². The lowest BCUT2D eigenvalue weighted by Crippen LogP contribution is -2.51. The van der Waals surface area contributed by atoms with Gasteiger partial charge in [-0.25, -0.2) is 0 Å². The van der Waals surface area contributed by atoms with Gasteiger partial charge in [-0.2, -0.15) is 0 Å². The first-order chi connectivity index (χ1) is 8.59. The number of carbonyl (C=O) groups excluding carboxylic acids is 1. The van der Waals surface area contributed by atoms with Crippen molar-refractivity contribution in [2.24, 2.45) is 17.6 Å². The first kappa shape index (κ1) is 13.8. The topological polar surface area (TPSA) is 64.8 Å². The van der Waals surface area contributed by atoms with Gasteiger partial charge in [0.1, 0.15) is 0 Å². The smallest absolute Gasteiger partial charge is 0.239 e. The molecule has 2 fully saturated rings. The van der Waals surface area contributed by atoms with Gasteiger partial charge < -0.3 is 20.1 Å². The molecular weight excluding hydrogens is 232 g/mol. The van der Waals surface area contributed by atoms with Crippen molar-refractivity contribution in [3.8, 4) is 0 Å². The summed E-state index contributed by atoms with van der Waals surface area (Å²) in [5, 5.41) is 0. The Labute approximate surface area is 109 Å². The molecule has 0 bridgehead atoms. The van der Waals surface area contributed by atoms with Gasteiger partial charge in [-0.1, -0.05) is 13.8 Å². The molecule has 2 rings (SSSR count). The number of ether oxygens (including phenoxy) is 2. The van der Waals surface area contributed by atoms with Crippen LogP contribution >= 0.6 is 0 Å². The fourth-order valence-corrected chi connectivity index (χ4v) is 2.58. The molecule has 2 aliphatic rings. The molecular formula is C13H24N2O3. The minimum Gasteiger partial charge on any atom is -0.350 e. The van der Waals surface area contributed by atoms with Gasteiger partial charge in [-0.3, -0.25) is 4.79 Å². The van der Waals surface area contributed by atoms with Crippen LogP contribution in [0, 0.1) is 11.8 Å². The van der Waals surface area contributed by atoms with Crippen LogP contribution in [0.5, 0.6) is 0 Å². The Bertz CT molecular complexity index is 290. The van der Waals surface area contributed by atoms with Crippen molar-refractivity contribution < 1.29 is 14.3 Å². The third-order valence-electron chi connectivity index (χ3n) is 3.81. The average Bonchev–Trinajstić information content (AvgIpc) is 2.91. The van der Waals surface area contributed by atoms with Gasteiger partial charge in [0, 0.05) is 19.0 Å². The SMILES string of the molecule is CC(C)[C@H](N)C(=O)N1CCCC(C2OCCO2)C1. The average molecular weight is 256 g/mol. The first-order valence-electron chi connectivity index (χ1n) is 6.87. The van der Waals surface area contributed by atoms with Gasteiger partial charge in [-0.15, -0.1) is 0 Å². The Morgan fingerprint density at radius 2 is 2.00 bits per heavy atom. The van der Waals surface area contributed by atoms with E-state index in [1.165, 1.54) is 0 Å². The number of amides is 1. The third kappa shape index (κ3) is 3.02. The molecule has 2 aliphatic heterocycles. The summed E-state index contributed by atoms with van der Waals surface area (Å²) in [7, 11) is 0. The van der Waals surface area contributed by atoms with Crippen LogP contribution in [-0.2, 0) is 14.3 Å². The predicted molar refractivity (Wildman–Crippen MR) is 67.8 cm³/mol. The molecule has 1 amide bonds. The van der Waals surface area contributed by atoms with Gasteiger partial charge in [-0.05, 0) is 18.8 Å². The lowest BCUT2D eigenvalue weighted by molar-refractivity contribution is -0.141. The van der Waals surface area contributed by atoms with Crippen LogP contribution < -0.4 is 5.73 Å². The molecule has 2 atom stereocenters. The molecule has 0 aliphatic carbocycles. The Kier molecular flexibility index (Phi) is 4.59. The number of hydrogen-bond acceptors (Lipinski definition) is 4. The number of piperidine rings is 1. The monoisotopic (exact) mass is 256 g/mol. The lowest BCUT2D eigenvalue weighted by Gasteiger charge is -2.36. The Morgan fingerprint density at radius 1 is 1.33 bits per heavy atom. The van der Waals surface area contributed by atoms with E-state index in [9.17, 15) is 4.79 Å². The summed E-state index contributed by atoms with van der Waals surface area (Å²) in [4.78, 5) is 14.1. The summed E-state index contributed by atoms with van der Waals surface area (Å²) in [6.07, 6.45) is 1.94. The van der Waals surface area contributed by atoms with E-state index in [4.69, 9.17) is 15.2 Å². The van der Waals surface area contributed by atoms with Crippen molar-refractivity contribution in [3.05, 3.63) is 0 Å². The number of hydrogen-bond donors (Lipinski definition) is 1. The fraction of sp³-hybridized carbons (Fsp3) is 0.923. The van der Waals surface area contributed by atoms with E-state index in [-0.39, 0.29) is 18.1 Å². The van der Waals surface area contributed by atoms with Crippen molar-refractivity contribution in [2.75, 3.05) is 26.3 Å². The highest BCUT2D eigenvalue weighted by molar-refractivity contribution is 5.82. The van der Waals surface area contributed by atoms with Crippen molar-refractivity contribution in [2.45, 2.75) is 39.0 Å². The lowest BCUT2D eigenvalue weighted by atomic mass is 9.95. The van der Waals surface area contributed by atoms with E-state index < -0.39 is 6.04 Å². The molecule has 0 aromatic rings. The molecule has 2 N–H and O–H groups in total.